The number of benzene rings is 3. The lowest BCUT2D eigenvalue weighted by Gasteiger charge is -2.28. The maximum Gasteiger partial charge on any atom is 0.262 e. The van der Waals surface area contributed by atoms with Crippen LogP contribution < -0.4 is 0 Å². The van der Waals surface area contributed by atoms with Crippen LogP contribution in [0.25, 0.3) is 0 Å². The SMILES string of the molecule is C=C(CCCc1ccccc1)C(c1ccccc1)N1C(=O)c2ccccc2C1=O. The van der Waals surface area contributed by atoms with Gasteiger partial charge in [-0.15, -0.1) is 0 Å². The third-order valence-electron chi connectivity index (χ3n) is 5.39. The van der Waals surface area contributed by atoms with Crippen molar-refractivity contribution < 1.29 is 9.59 Å². The molecule has 1 aliphatic heterocycles. The number of carbonyl (C=O) groups is 2. The van der Waals surface area contributed by atoms with Gasteiger partial charge in [0.25, 0.3) is 11.8 Å². The molecule has 0 fully saturated rings. The third-order valence-corrected chi connectivity index (χ3v) is 5.39. The minimum atomic E-state index is -0.459. The number of hydrogen-bond donors (Lipinski definition) is 0. The monoisotopic (exact) mass is 381 g/mol. The Balaban J connectivity index is 1.59. The summed E-state index contributed by atoms with van der Waals surface area (Å²) in [6, 6.07) is 26.6. The summed E-state index contributed by atoms with van der Waals surface area (Å²) < 4.78 is 0. The Labute approximate surface area is 171 Å². The molecule has 1 atom stereocenters. The van der Waals surface area contributed by atoms with E-state index in [0.29, 0.717) is 11.1 Å². The van der Waals surface area contributed by atoms with Crippen molar-refractivity contribution in [3.05, 3.63) is 119 Å². The number of hydrogen-bond acceptors (Lipinski definition) is 2. The van der Waals surface area contributed by atoms with Gasteiger partial charge >= 0.3 is 0 Å². The van der Waals surface area contributed by atoms with Gasteiger partial charge in [0.15, 0.2) is 0 Å². The van der Waals surface area contributed by atoms with Crippen LogP contribution in [0.3, 0.4) is 0 Å². The molecule has 3 heteroatoms. The van der Waals surface area contributed by atoms with Crippen molar-refractivity contribution in [2.75, 3.05) is 0 Å². The molecule has 0 radical (unpaired) electrons. The average Bonchev–Trinajstić information content (AvgIpc) is 3.01. The molecule has 4 rings (SSSR count). The molecule has 0 saturated heterocycles. The predicted molar refractivity (Wildman–Crippen MR) is 115 cm³/mol. The summed E-state index contributed by atoms with van der Waals surface area (Å²) in [5.74, 6) is -0.493. The van der Waals surface area contributed by atoms with Gasteiger partial charge in [-0.05, 0) is 48.1 Å². The quantitative estimate of drug-likeness (QED) is 0.394. The standard InChI is InChI=1S/C26H23NO2/c1-19(11-10-14-20-12-4-2-5-13-20)24(21-15-6-3-7-16-21)27-25(28)22-17-8-9-18-23(22)26(27)29/h2-9,12-13,15-18,24H,1,10-11,14H2. The Kier molecular flexibility index (Phi) is 5.39. The van der Waals surface area contributed by atoms with Crippen molar-refractivity contribution in [3.8, 4) is 0 Å². The van der Waals surface area contributed by atoms with Crippen LogP contribution in [0.15, 0.2) is 97.1 Å². The molecule has 3 aromatic rings. The minimum absolute atomic E-state index is 0.247. The second kappa shape index (κ2) is 8.27. The number of nitrogens with zero attached hydrogens (tertiary/aromatic N) is 1. The second-order valence-corrected chi connectivity index (χ2v) is 7.34. The van der Waals surface area contributed by atoms with Gasteiger partial charge in [-0.3, -0.25) is 14.5 Å². The van der Waals surface area contributed by atoms with E-state index < -0.39 is 6.04 Å². The molecule has 3 nitrogen and oxygen atoms in total. The third kappa shape index (κ3) is 3.77. The highest BCUT2D eigenvalue weighted by Gasteiger charge is 2.41. The van der Waals surface area contributed by atoms with Gasteiger partial charge in [0.2, 0.25) is 0 Å². The average molecular weight is 381 g/mol. The van der Waals surface area contributed by atoms with E-state index in [9.17, 15) is 9.59 Å². The zero-order chi connectivity index (χ0) is 20.2. The lowest BCUT2D eigenvalue weighted by molar-refractivity contribution is 0.0604. The molecular formula is C26H23NO2. The molecule has 2 amide bonds. The van der Waals surface area contributed by atoms with Gasteiger partial charge in [0, 0.05) is 0 Å². The highest BCUT2D eigenvalue weighted by Crippen LogP contribution is 2.36. The molecule has 0 aliphatic carbocycles. The van der Waals surface area contributed by atoms with Crippen LogP contribution >= 0.6 is 0 Å². The zero-order valence-corrected chi connectivity index (χ0v) is 16.3. The summed E-state index contributed by atoms with van der Waals surface area (Å²) in [5, 5.41) is 0. The first-order valence-corrected chi connectivity index (χ1v) is 9.90. The first kappa shape index (κ1) is 18.9. The van der Waals surface area contributed by atoms with E-state index in [0.717, 1.165) is 30.4 Å². The van der Waals surface area contributed by atoms with Crippen molar-refractivity contribution in [1.29, 1.82) is 0 Å². The van der Waals surface area contributed by atoms with Gasteiger partial charge < -0.3 is 0 Å². The number of carbonyl (C=O) groups excluding carboxylic acids is 2. The molecular weight excluding hydrogens is 358 g/mol. The van der Waals surface area contributed by atoms with Crippen LogP contribution in [-0.4, -0.2) is 16.7 Å². The lowest BCUT2D eigenvalue weighted by atomic mass is 9.93. The van der Waals surface area contributed by atoms with E-state index in [1.165, 1.54) is 10.5 Å². The molecule has 3 aromatic carbocycles. The van der Waals surface area contributed by atoms with Gasteiger partial charge in [-0.1, -0.05) is 79.4 Å². The highest BCUT2D eigenvalue weighted by molar-refractivity contribution is 6.21. The number of amides is 2. The molecule has 144 valence electrons. The first-order valence-electron chi connectivity index (χ1n) is 9.90. The topological polar surface area (TPSA) is 37.4 Å². The lowest BCUT2D eigenvalue weighted by Crippen LogP contribution is -2.35. The van der Waals surface area contributed by atoms with Crippen LogP contribution in [-0.2, 0) is 6.42 Å². The molecule has 0 N–H and O–H groups in total. The van der Waals surface area contributed by atoms with Crippen molar-refractivity contribution in [1.82, 2.24) is 4.90 Å². The fourth-order valence-electron chi connectivity index (χ4n) is 3.95. The fraction of sp³-hybridized carbons (Fsp3) is 0.154. The molecule has 0 aromatic heterocycles. The zero-order valence-electron chi connectivity index (χ0n) is 16.3. The van der Waals surface area contributed by atoms with Crippen molar-refractivity contribution in [3.63, 3.8) is 0 Å². The Morgan fingerprint density at radius 3 is 1.86 bits per heavy atom. The van der Waals surface area contributed by atoms with E-state index in [2.05, 4.69) is 18.7 Å². The summed E-state index contributed by atoms with van der Waals surface area (Å²) in [6.45, 7) is 4.29. The van der Waals surface area contributed by atoms with Gasteiger partial charge in [0.1, 0.15) is 0 Å². The van der Waals surface area contributed by atoms with Crippen LogP contribution in [0.4, 0.5) is 0 Å². The largest absolute Gasteiger partial charge is 0.269 e. The molecule has 1 unspecified atom stereocenters. The van der Waals surface area contributed by atoms with E-state index in [4.69, 9.17) is 0 Å². The predicted octanol–water partition coefficient (Wildman–Crippen LogP) is 5.60. The van der Waals surface area contributed by atoms with Gasteiger partial charge in [-0.25, -0.2) is 0 Å². The van der Waals surface area contributed by atoms with E-state index in [1.54, 1.807) is 24.3 Å². The number of aryl methyl sites for hydroxylation is 1. The van der Waals surface area contributed by atoms with Crippen molar-refractivity contribution in [2.24, 2.45) is 0 Å². The maximum atomic E-state index is 13.1. The van der Waals surface area contributed by atoms with E-state index >= 15 is 0 Å². The number of fused-ring (bicyclic) bond motifs is 1. The van der Waals surface area contributed by atoms with Crippen molar-refractivity contribution in [2.45, 2.75) is 25.3 Å². The molecule has 1 heterocycles. The molecule has 0 saturated carbocycles. The van der Waals surface area contributed by atoms with E-state index in [1.807, 2.05) is 48.5 Å². The summed E-state index contributed by atoms with van der Waals surface area (Å²) in [4.78, 5) is 27.6. The summed E-state index contributed by atoms with van der Waals surface area (Å²) in [7, 11) is 0. The Hall–Kier alpha value is -3.46. The summed E-state index contributed by atoms with van der Waals surface area (Å²) in [6.07, 6.45) is 2.58. The number of imide groups is 1. The molecule has 1 aliphatic rings. The Morgan fingerprint density at radius 2 is 1.28 bits per heavy atom. The second-order valence-electron chi connectivity index (χ2n) is 7.34. The van der Waals surface area contributed by atoms with Crippen molar-refractivity contribution >= 4 is 11.8 Å². The minimum Gasteiger partial charge on any atom is -0.269 e. The molecule has 29 heavy (non-hydrogen) atoms. The Bertz CT molecular complexity index is 1010. The molecule has 0 bridgehead atoms. The summed E-state index contributed by atoms with van der Waals surface area (Å²) >= 11 is 0. The summed E-state index contributed by atoms with van der Waals surface area (Å²) in [5.41, 5.74) is 4.00. The molecule has 0 spiro atoms. The normalized spacial score (nSPS) is 14.0. The Morgan fingerprint density at radius 1 is 0.759 bits per heavy atom. The van der Waals surface area contributed by atoms with Crippen LogP contribution in [0.1, 0.15) is 50.7 Å². The fourth-order valence-corrected chi connectivity index (χ4v) is 3.95. The van der Waals surface area contributed by atoms with Crippen LogP contribution in [0.5, 0.6) is 0 Å². The van der Waals surface area contributed by atoms with Crippen LogP contribution in [0.2, 0.25) is 0 Å². The highest BCUT2D eigenvalue weighted by atomic mass is 16.2. The first-order chi connectivity index (χ1) is 14.2. The number of rotatable bonds is 7. The van der Waals surface area contributed by atoms with E-state index in [-0.39, 0.29) is 11.8 Å². The van der Waals surface area contributed by atoms with Gasteiger partial charge in [-0.2, -0.15) is 0 Å². The smallest absolute Gasteiger partial charge is 0.262 e. The maximum absolute atomic E-state index is 13.1. The van der Waals surface area contributed by atoms with Crippen LogP contribution in [0, 0.1) is 0 Å². The van der Waals surface area contributed by atoms with Gasteiger partial charge in [0.05, 0.1) is 17.2 Å².